The van der Waals surface area contributed by atoms with Crippen molar-refractivity contribution in [2.24, 2.45) is 0 Å². The van der Waals surface area contributed by atoms with Crippen LogP contribution < -0.4 is 0 Å². The topological polar surface area (TPSA) is 0 Å². The van der Waals surface area contributed by atoms with Gasteiger partial charge in [-0.1, -0.05) is 178 Å². The molecule has 0 aliphatic heterocycles. The van der Waals surface area contributed by atoms with Crippen molar-refractivity contribution >= 4 is 97.0 Å². The van der Waals surface area contributed by atoms with Gasteiger partial charge in [0.05, 0.1) is 0 Å². The first kappa shape index (κ1) is 32.1. The van der Waals surface area contributed by atoms with Crippen LogP contribution in [0, 0.1) is 0 Å². The monoisotopic (exact) mass is 734 g/mol. The molecule has 0 atom stereocenters. The third-order valence-electron chi connectivity index (χ3n) is 13.4. The van der Waals surface area contributed by atoms with Gasteiger partial charge < -0.3 is 0 Å². The molecule has 0 radical (unpaired) electrons. The lowest BCUT2D eigenvalue weighted by Gasteiger charge is -2.21. The fraction of sp³-hybridized carbons (Fsp3) is 0.0690. The van der Waals surface area contributed by atoms with E-state index in [1.165, 1.54) is 136 Å². The molecular formula is C58H38. The predicted octanol–water partition coefficient (Wildman–Crippen LogP) is 16.7. The van der Waals surface area contributed by atoms with Crippen LogP contribution in [0.25, 0.3) is 130 Å². The van der Waals surface area contributed by atoms with Gasteiger partial charge in [0.1, 0.15) is 0 Å². The Kier molecular flexibility index (Phi) is 6.26. The standard InChI is InChI=1S/C58H38/c1-58(2,3)40-28-38-23-22-36-24-27-44-55-47(31-39(29-40)49(38)51(36)55)57-50(34-16-9-5-10-17-34)48-32-46-45-30-37(33-14-7-4-8-15-33)25-26-41(45)42-20-13-21-43(53(42)46)54(48)52(56(44)57)35-18-11-6-12-19-35/h4-32H,1-3H3. The Bertz CT molecular complexity index is 3770. The molecule has 0 fully saturated rings. The highest BCUT2D eigenvalue weighted by Gasteiger charge is 2.28. The second-order valence-corrected chi connectivity index (χ2v) is 17.6. The van der Waals surface area contributed by atoms with Crippen LogP contribution in [-0.2, 0) is 5.41 Å². The minimum atomic E-state index is 0.0268. The normalized spacial score (nSPS) is 12.7. The highest BCUT2D eigenvalue weighted by Crippen LogP contribution is 2.56. The second kappa shape index (κ2) is 11.3. The van der Waals surface area contributed by atoms with E-state index in [1.54, 1.807) is 0 Å². The molecule has 0 aliphatic carbocycles. The Morgan fingerprint density at radius 2 is 0.862 bits per heavy atom. The van der Waals surface area contributed by atoms with Gasteiger partial charge in [0, 0.05) is 0 Å². The molecule has 0 amide bonds. The van der Waals surface area contributed by atoms with Gasteiger partial charge in [-0.2, -0.15) is 0 Å². The van der Waals surface area contributed by atoms with Crippen molar-refractivity contribution in [2.75, 3.05) is 0 Å². The molecule has 0 aliphatic rings. The molecule has 0 bridgehead atoms. The zero-order valence-corrected chi connectivity index (χ0v) is 32.7. The first-order valence-corrected chi connectivity index (χ1v) is 20.6. The fourth-order valence-corrected chi connectivity index (χ4v) is 10.8. The van der Waals surface area contributed by atoms with E-state index < -0.39 is 0 Å². The summed E-state index contributed by atoms with van der Waals surface area (Å²) in [7, 11) is 0. The van der Waals surface area contributed by atoms with Gasteiger partial charge in [0.2, 0.25) is 0 Å². The van der Waals surface area contributed by atoms with Crippen LogP contribution in [0.4, 0.5) is 0 Å². The summed E-state index contributed by atoms with van der Waals surface area (Å²) in [6.07, 6.45) is 0. The van der Waals surface area contributed by atoms with Gasteiger partial charge >= 0.3 is 0 Å². The summed E-state index contributed by atoms with van der Waals surface area (Å²) in [6, 6.07) is 66.8. The summed E-state index contributed by atoms with van der Waals surface area (Å²) in [5.74, 6) is 0. The van der Waals surface area contributed by atoms with Crippen LogP contribution in [0.2, 0.25) is 0 Å². The van der Waals surface area contributed by atoms with Crippen molar-refractivity contribution < 1.29 is 0 Å². The summed E-state index contributed by atoms with van der Waals surface area (Å²) in [6.45, 7) is 7.00. The maximum atomic E-state index is 2.56. The second-order valence-electron chi connectivity index (χ2n) is 17.6. The summed E-state index contributed by atoms with van der Waals surface area (Å²) >= 11 is 0. The summed E-state index contributed by atoms with van der Waals surface area (Å²) in [5, 5.41) is 24.1. The maximum Gasteiger partial charge on any atom is -0.000718 e. The summed E-state index contributed by atoms with van der Waals surface area (Å²) in [4.78, 5) is 0. The number of hydrogen-bond donors (Lipinski definition) is 0. The van der Waals surface area contributed by atoms with Gasteiger partial charge in [0.15, 0.2) is 0 Å². The molecule has 0 heterocycles. The number of fused-ring (bicyclic) bond motifs is 8. The van der Waals surface area contributed by atoms with Crippen molar-refractivity contribution in [3.05, 3.63) is 181 Å². The third-order valence-corrected chi connectivity index (χ3v) is 13.4. The van der Waals surface area contributed by atoms with Crippen molar-refractivity contribution in [2.45, 2.75) is 26.2 Å². The van der Waals surface area contributed by atoms with E-state index in [9.17, 15) is 0 Å². The van der Waals surface area contributed by atoms with E-state index in [0.29, 0.717) is 0 Å². The van der Waals surface area contributed by atoms with Crippen LogP contribution in [0.1, 0.15) is 26.3 Å². The van der Waals surface area contributed by atoms with E-state index in [1.807, 2.05) is 0 Å². The quantitative estimate of drug-likeness (QED) is 0.159. The van der Waals surface area contributed by atoms with Crippen LogP contribution in [0.3, 0.4) is 0 Å². The zero-order valence-electron chi connectivity index (χ0n) is 32.7. The molecule has 0 nitrogen and oxygen atoms in total. The van der Waals surface area contributed by atoms with Crippen molar-refractivity contribution in [3.63, 3.8) is 0 Å². The molecule has 58 heavy (non-hydrogen) atoms. The molecule has 0 N–H and O–H groups in total. The molecule has 0 spiro atoms. The first-order valence-electron chi connectivity index (χ1n) is 20.6. The first-order chi connectivity index (χ1) is 28.4. The van der Waals surface area contributed by atoms with E-state index in [2.05, 4.69) is 197 Å². The van der Waals surface area contributed by atoms with E-state index in [4.69, 9.17) is 0 Å². The number of rotatable bonds is 3. The molecule has 13 rings (SSSR count). The Morgan fingerprint density at radius 1 is 0.259 bits per heavy atom. The Hall–Kier alpha value is -7.02. The van der Waals surface area contributed by atoms with Crippen LogP contribution in [-0.4, -0.2) is 0 Å². The smallest absolute Gasteiger partial charge is 0.000718 e. The average molecular weight is 735 g/mol. The predicted molar refractivity (Wildman–Crippen MR) is 253 cm³/mol. The molecule has 270 valence electrons. The molecule has 0 saturated carbocycles. The van der Waals surface area contributed by atoms with Gasteiger partial charge in [-0.3, -0.25) is 0 Å². The van der Waals surface area contributed by atoms with Crippen molar-refractivity contribution in [3.8, 4) is 33.4 Å². The van der Waals surface area contributed by atoms with Gasteiger partial charge in [-0.05, 0) is 160 Å². The van der Waals surface area contributed by atoms with E-state index in [-0.39, 0.29) is 5.41 Å². The van der Waals surface area contributed by atoms with Crippen molar-refractivity contribution in [1.82, 2.24) is 0 Å². The van der Waals surface area contributed by atoms with Crippen LogP contribution in [0.5, 0.6) is 0 Å². The Labute approximate surface area is 336 Å². The highest BCUT2D eigenvalue weighted by molar-refractivity contribution is 6.47. The molecule has 0 saturated heterocycles. The molecule has 13 aromatic carbocycles. The number of hydrogen-bond acceptors (Lipinski definition) is 0. The van der Waals surface area contributed by atoms with E-state index in [0.717, 1.165) is 0 Å². The summed E-state index contributed by atoms with van der Waals surface area (Å²) in [5.41, 5.74) is 9.03. The highest BCUT2D eigenvalue weighted by atomic mass is 14.3. The lowest BCUT2D eigenvalue weighted by molar-refractivity contribution is 0.591. The molecular weight excluding hydrogens is 697 g/mol. The summed E-state index contributed by atoms with van der Waals surface area (Å²) < 4.78 is 0. The van der Waals surface area contributed by atoms with Crippen LogP contribution in [0.15, 0.2) is 176 Å². The lowest BCUT2D eigenvalue weighted by atomic mass is 9.82. The lowest BCUT2D eigenvalue weighted by Crippen LogP contribution is -2.10. The third kappa shape index (κ3) is 4.19. The van der Waals surface area contributed by atoms with Gasteiger partial charge in [-0.25, -0.2) is 0 Å². The van der Waals surface area contributed by atoms with Gasteiger partial charge in [0.25, 0.3) is 0 Å². The Morgan fingerprint density at radius 3 is 1.60 bits per heavy atom. The van der Waals surface area contributed by atoms with Crippen molar-refractivity contribution in [1.29, 1.82) is 0 Å². The fourth-order valence-electron chi connectivity index (χ4n) is 10.8. The zero-order chi connectivity index (χ0) is 38.4. The maximum absolute atomic E-state index is 2.56. The largest absolute Gasteiger partial charge is 0.0622 e. The number of benzene rings is 11. The molecule has 0 heteroatoms. The molecule has 13 aromatic rings. The molecule has 0 unspecified atom stereocenters. The SMILES string of the molecule is CC(C)(C)c1cc2ccc3ccc4c5c(-c6ccccc6)c6c(cc7c8cc(-c9ccccc9)ccc8c8cccc6c87)c(-c6ccccc6)c5c5cc(c1)c2c3c54. The van der Waals surface area contributed by atoms with Gasteiger partial charge in [-0.15, -0.1) is 0 Å². The average Bonchev–Trinajstić information content (AvgIpc) is 3.76. The minimum Gasteiger partial charge on any atom is -0.0622 e. The van der Waals surface area contributed by atoms with E-state index >= 15 is 0 Å². The minimum absolute atomic E-state index is 0.0268. The Balaban J connectivity index is 1.32. The van der Waals surface area contributed by atoms with Crippen LogP contribution >= 0.6 is 0 Å². The molecule has 0 aromatic heterocycles.